The first-order chi connectivity index (χ1) is 13.8. The summed E-state index contributed by atoms with van der Waals surface area (Å²) in [7, 11) is 0. The summed E-state index contributed by atoms with van der Waals surface area (Å²) < 4.78 is 6.73. The van der Waals surface area contributed by atoms with Crippen molar-refractivity contribution in [1.82, 2.24) is 9.80 Å². The van der Waals surface area contributed by atoms with Gasteiger partial charge in [0.15, 0.2) is 0 Å². The molecule has 2 aromatic carbocycles. The molecule has 0 radical (unpaired) electrons. The molecule has 2 amide bonds. The molecule has 150 valence electrons. The number of benzene rings is 2. The van der Waals surface area contributed by atoms with Crippen molar-refractivity contribution in [2.24, 2.45) is 0 Å². The van der Waals surface area contributed by atoms with Gasteiger partial charge < -0.3 is 9.64 Å². The molecule has 2 aromatic rings. The minimum absolute atomic E-state index is 0.0116. The highest BCUT2D eigenvalue weighted by Gasteiger charge is 2.46. The van der Waals surface area contributed by atoms with Crippen molar-refractivity contribution in [3.05, 3.63) is 69.2 Å². The van der Waals surface area contributed by atoms with Gasteiger partial charge in [-0.25, -0.2) is 4.79 Å². The van der Waals surface area contributed by atoms with Crippen LogP contribution in [0.25, 0.3) is 0 Å². The Labute approximate surface area is 178 Å². The van der Waals surface area contributed by atoms with E-state index in [1.807, 2.05) is 40.1 Å². The second-order valence-corrected chi connectivity index (χ2v) is 9.77. The lowest BCUT2D eigenvalue weighted by Crippen LogP contribution is -2.52. The Bertz CT molecular complexity index is 1020. The monoisotopic (exact) mass is 454 g/mol. The van der Waals surface area contributed by atoms with Gasteiger partial charge in [-0.3, -0.25) is 9.69 Å². The van der Waals surface area contributed by atoms with Crippen molar-refractivity contribution in [3.63, 3.8) is 0 Å². The fraction of sp³-hybridized carbons (Fsp3) is 0.391. The molecule has 2 atom stereocenters. The van der Waals surface area contributed by atoms with E-state index in [-0.39, 0.29) is 29.6 Å². The Hall–Kier alpha value is -2.34. The van der Waals surface area contributed by atoms with Gasteiger partial charge in [-0.15, -0.1) is 0 Å². The fourth-order valence-electron chi connectivity index (χ4n) is 4.95. The second-order valence-electron chi connectivity index (χ2n) is 8.85. The number of carbonyl (C=O) groups excluding carboxylic acids is 2. The molecule has 3 aliphatic heterocycles. The predicted molar refractivity (Wildman–Crippen MR) is 113 cm³/mol. The maximum absolute atomic E-state index is 13.2. The zero-order valence-corrected chi connectivity index (χ0v) is 18.1. The molecule has 5 nitrogen and oxygen atoms in total. The van der Waals surface area contributed by atoms with E-state index in [9.17, 15) is 9.59 Å². The van der Waals surface area contributed by atoms with E-state index in [0.717, 1.165) is 22.0 Å². The van der Waals surface area contributed by atoms with Crippen LogP contribution in [-0.4, -0.2) is 47.0 Å². The van der Waals surface area contributed by atoms with Crippen molar-refractivity contribution in [2.75, 3.05) is 13.1 Å². The van der Waals surface area contributed by atoms with E-state index in [0.29, 0.717) is 19.6 Å². The number of ether oxygens (including phenoxy) is 1. The van der Waals surface area contributed by atoms with Crippen LogP contribution in [0.5, 0.6) is 0 Å². The lowest BCUT2D eigenvalue weighted by Gasteiger charge is -2.41. The molecule has 6 heteroatoms. The van der Waals surface area contributed by atoms with Crippen LogP contribution in [0, 0.1) is 0 Å². The summed E-state index contributed by atoms with van der Waals surface area (Å²) in [6, 6.07) is 14.0. The van der Waals surface area contributed by atoms with Crippen LogP contribution in [0.2, 0.25) is 0 Å². The van der Waals surface area contributed by atoms with Crippen molar-refractivity contribution in [3.8, 4) is 0 Å². The molecule has 3 aliphatic rings. The van der Waals surface area contributed by atoms with E-state index >= 15 is 0 Å². The van der Waals surface area contributed by atoms with Crippen LogP contribution in [-0.2, 0) is 23.1 Å². The van der Waals surface area contributed by atoms with E-state index < -0.39 is 0 Å². The zero-order chi connectivity index (χ0) is 20.3. The van der Waals surface area contributed by atoms with E-state index in [2.05, 4.69) is 41.9 Å². The maximum Gasteiger partial charge on any atom is 0.410 e. The average molecular weight is 455 g/mol. The van der Waals surface area contributed by atoms with E-state index in [1.165, 1.54) is 11.1 Å². The SMILES string of the molecule is CC1(C)CN(CC2OC(=O)N3Cc4ccccc4C[C@@H]23)C(=O)c2ccc(Br)cc21. The Balaban J connectivity index is 1.41. The molecule has 1 fully saturated rings. The standard InChI is InChI=1S/C23H23BrN2O3/c1-23(2)13-25(21(27)17-8-7-16(24)10-18(17)23)12-20-19-9-14-5-3-4-6-15(14)11-26(19)22(28)29-20/h3-8,10,19-20H,9,11-13H2,1-2H3/t19-,20?/m0/s1. The molecule has 0 aromatic heterocycles. The van der Waals surface area contributed by atoms with Gasteiger partial charge in [0.25, 0.3) is 5.91 Å². The van der Waals surface area contributed by atoms with Gasteiger partial charge in [0.2, 0.25) is 0 Å². The van der Waals surface area contributed by atoms with Gasteiger partial charge in [0.1, 0.15) is 6.10 Å². The number of carbonyl (C=O) groups is 2. The molecular weight excluding hydrogens is 432 g/mol. The minimum Gasteiger partial charge on any atom is -0.442 e. The van der Waals surface area contributed by atoms with Gasteiger partial charge in [0.05, 0.1) is 12.6 Å². The number of halogens is 1. The fourth-order valence-corrected chi connectivity index (χ4v) is 5.31. The smallest absolute Gasteiger partial charge is 0.410 e. The van der Waals surface area contributed by atoms with Crippen molar-refractivity contribution in [2.45, 2.75) is 44.4 Å². The highest BCUT2D eigenvalue weighted by atomic mass is 79.9. The summed E-state index contributed by atoms with van der Waals surface area (Å²) >= 11 is 3.52. The summed E-state index contributed by atoms with van der Waals surface area (Å²) in [5.74, 6) is 0.0116. The molecule has 0 aliphatic carbocycles. The molecule has 0 spiro atoms. The topological polar surface area (TPSA) is 49.9 Å². The average Bonchev–Trinajstić information content (AvgIpc) is 2.99. The van der Waals surface area contributed by atoms with Crippen LogP contribution < -0.4 is 0 Å². The van der Waals surface area contributed by atoms with Crippen LogP contribution in [0.4, 0.5) is 4.79 Å². The first-order valence-electron chi connectivity index (χ1n) is 9.97. The molecule has 0 bridgehead atoms. The van der Waals surface area contributed by atoms with E-state index in [4.69, 9.17) is 4.74 Å². The van der Waals surface area contributed by atoms with Crippen LogP contribution in [0.3, 0.4) is 0 Å². The molecule has 3 heterocycles. The molecule has 0 N–H and O–H groups in total. The summed E-state index contributed by atoms with van der Waals surface area (Å²) in [6.07, 6.45) is 0.178. The third-order valence-electron chi connectivity index (χ3n) is 6.42. The van der Waals surface area contributed by atoms with Gasteiger partial charge in [-0.05, 0) is 41.3 Å². The second kappa shape index (κ2) is 6.59. The number of hydrogen-bond donors (Lipinski definition) is 0. The first kappa shape index (κ1) is 18.7. The lowest BCUT2D eigenvalue weighted by molar-refractivity contribution is 0.0522. The lowest BCUT2D eigenvalue weighted by atomic mass is 9.78. The highest BCUT2D eigenvalue weighted by molar-refractivity contribution is 9.10. The number of hydrogen-bond acceptors (Lipinski definition) is 3. The number of fused-ring (bicyclic) bond motifs is 3. The highest BCUT2D eigenvalue weighted by Crippen LogP contribution is 2.37. The van der Waals surface area contributed by atoms with Crippen LogP contribution in [0.1, 0.15) is 40.9 Å². The predicted octanol–water partition coefficient (Wildman–Crippen LogP) is 4.13. The van der Waals surface area contributed by atoms with Crippen molar-refractivity contribution in [1.29, 1.82) is 0 Å². The summed E-state index contributed by atoms with van der Waals surface area (Å²) in [6.45, 7) is 5.91. The normalized spacial score (nSPS) is 24.7. The largest absolute Gasteiger partial charge is 0.442 e. The van der Waals surface area contributed by atoms with Gasteiger partial charge >= 0.3 is 6.09 Å². The summed E-state index contributed by atoms with van der Waals surface area (Å²) in [5, 5.41) is 0. The number of nitrogens with zero attached hydrogens (tertiary/aromatic N) is 2. The van der Waals surface area contributed by atoms with Gasteiger partial charge in [0, 0.05) is 28.5 Å². The van der Waals surface area contributed by atoms with Gasteiger partial charge in [-0.1, -0.05) is 54.0 Å². The Kier molecular flexibility index (Phi) is 4.24. The molecule has 1 saturated heterocycles. The third-order valence-corrected chi connectivity index (χ3v) is 6.91. The Morgan fingerprint density at radius 3 is 2.69 bits per heavy atom. The maximum atomic E-state index is 13.2. The number of amides is 2. The molecular formula is C23H23BrN2O3. The Morgan fingerprint density at radius 2 is 1.90 bits per heavy atom. The zero-order valence-electron chi connectivity index (χ0n) is 16.5. The molecule has 29 heavy (non-hydrogen) atoms. The van der Waals surface area contributed by atoms with Crippen molar-refractivity contribution >= 4 is 27.9 Å². The first-order valence-corrected chi connectivity index (χ1v) is 10.8. The minimum atomic E-state index is -0.312. The summed E-state index contributed by atoms with van der Waals surface area (Å²) in [5.41, 5.74) is 4.06. The van der Waals surface area contributed by atoms with Crippen LogP contribution in [0.15, 0.2) is 46.9 Å². The summed E-state index contributed by atoms with van der Waals surface area (Å²) in [4.78, 5) is 29.4. The molecule has 5 rings (SSSR count). The van der Waals surface area contributed by atoms with Crippen molar-refractivity contribution < 1.29 is 14.3 Å². The molecule has 0 saturated carbocycles. The Morgan fingerprint density at radius 1 is 1.14 bits per heavy atom. The quantitative estimate of drug-likeness (QED) is 0.685. The molecule has 1 unspecified atom stereocenters. The van der Waals surface area contributed by atoms with Crippen LogP contribution >= 0.6 is 15.9 Å². The third kappa shape index (κ3) is 3.05. The van der Waals surface area contributed by atoms with E-state index in [1.54, 1.807) is 0 Å². The van der Waals surface area contributed by atoms with Gasteiger partial charge in [-0.2, -0.15) is 0 Å². The number of rotatable bonds is 2. The number of cyclic esters (lactones) is 1.